The van der Waals surface area contributed by atoms with E-state index in [0.717, 1.165) is 166 Å². The van der Waals surface area contributed by atoms with Crippen LogP contribution >= 0.6 is 0 Å². The predicted molar refractivity (Wildman–Crippen MR) is 423 cm³/mol. The summed E-state index contributed by atoms with van der Waals surface area (Å²) >= 11 is 0. The third-order valence-electron chi connectivity index (χ3n) is 21.4. The number of nitrogens with zero attached hydrogens (tertiary/aromatic N) is 16. The number of methoxy groups -OCH3 is 4. The van der Waals surface area contributed by atoms with E-state index in [0.29, 0.717) is 101 Å². The zero-order valence-electron chi connectivity index (χ0n) is 72.1. The molecular weight excluding hydrogens is 1490 g/mol. The fraction of sp³-hybridized carbons (Fsp3) is 0.870. The minimum absolute atomic E-state index is 0.0453. The third-order valence-corrected chi connectivity index (χ3v) is 21.4. The van der Waals surface area contributed by atoms with E-state index in [1.54, 1.807) is 24.3 Å². The lowest BCUT2D eigenvalue weighted by Crippen LogP contribution is -2.50. The average Bonchev–Trinajstić information content (AvgIpc) is 1.08. The van der Waals surface area contributed by atoms with Crippen LogP contribution in [-0.2, 0) is 39.8 Å². The van der Waals surface area contributed by atoms with Gasteiger partial charge in [0, 0.05) is 96.1 Å². The molecule has 0 radical (unpaired) electrons. The number of halogens is 6. The molecule has 36 heteroatoms. The van der Waals surface area contributed by atoms with Crippen LogP contribution in [0.3, 0.4) is 0 Å². The Kier molecular flexibility index (Phi) is 49.5. The van der Waals surface area contributed by atoms with Gasteiger partial charge in [-0.2, -0.15) is 26.3 Å². The van der Waals surface area contributed by atoms with Crippen LogP contribution in [0.5, 0.6) is 0 Å². The van der Waals surface area contributed by atoms with E-state index < -0.39 is 43.7 Å². The lowest BCUT2D eigenvalue weighted by Gasteiger charge is -2.38. The van der Waals surface area contributed by atoms with E-state index in [4.69, 9.17) is 28.1 Å². The summed E-state index contributed by atoms with van der Waals surface area (Å²) in [6.45, 7) is 27.8. The zero-order chi connectivity index (χ0) is 85.1. The third kappa shape index (κ3) is 39.8. The first-order valence-electron chi connectivity index (χ1n) is 40.3. The van der Waals surface area contributed by atoms with Crippen LogP contribution in [0, 0.1) is 0 Å². The Hall–Kier alpha value is -6.44. The maximum atomic E-state index is 12.6. The SMILES string of the molecule is CC(=O)N(Cc1ncco1)C1CCN(C)CC1.CCN(C(=O)N(C)C)C1CCN(C)CC1.CCN(C(=O)OC)C1CCN(C)CC1.CCOC(=O)N(CC)C1CCN(C)CC1.COC(=O)N(C(C)C)C1CCN(C)CC1.COC(=O)N(CC(F)(F)F)C1CCN(C)CC1.COCCOC(=O)N(CC(F)(F)F)C1CCN(C)CC1. The molecule has 0 atom stereocenters. The Morgan fingerprint density at radius 2 is 0.726 bits per heavy atom. The predicted octanol–water partition coefficient (Wildman–Crippen LogP) is 9.93. The molecule has 0 unspecified atom stereocenters. The van der Waals surface area contributed by atoms with Crippen molar-refractivity contribution in [3.8, 4) is 0 Å². The van der Waals surface area contributed by atoms with Crippen LogP contribution in [0.15, 0.2) is 16.9 Å². The fourth-order valence-corrected chi connectivity index (χ4v) is 14.7. The van der Waals surface area contributed by atoms with Crippen LogP contribution in [0.4, 0.5) is 55.1 Å². The maximum absolute atomic E-state index is 12.6. The first kappa shape index (κ1) is 103. The van der Waals surface area contributed by atoms with Crippen molar-refractivity contribution in [3.63, 3.8) is 0 Å². The van der Waals surface area contributed by atoms with E-state index >= 15 is 0 Å². The molecule has 7 aliphatic heterocycles. The molecule has 1 aromatic rings. The number of piperidine rings is 7. The normalized spacial score (nSPS) is 18.8. The van der Waals surface area contributed by atoms with Gasteiger partial charge in [-0.05, 0) is 272 Å². The first-order valence-corrected chi connectivity index (χ1v) is 40.3. The number of ether oxygens (including phenoxy) is 6. The van der Waals surface area contributed by atoms with Crippen molar-refractivity contribution in [1.82, 2.24) is 78.5 Å². The van der Waals surface area contributed by atoms with Gasteiger partial charge in [0.25, 0.3) is 0 Å². The zero-order valence-corrected chi connectivity index (χ0v) is 72.1. The molecule has 8 rings (SSSR count). The topological polar surface area (TPSA) is 250 Å². The highest BCUT2D eigenvalue weighted by Crippen LogP contribution is 2.27. The van der Waals surface area contributed by atoms with Gasteiger partial charge in [0.1, 0.15) is 26.0 Å². The highest BCUT2D eigenvalue weighted by atomic mass is 19.4. The largest absolute Gasteiger partial charge is 0.453 e. The molecule has 7 saturated heterocycles. The number of hydrogen-bond acceptors (Lipinski definition) is 22. The number of urea groups is 1. The molecule has 0 saturated carbocycles. The fourth-order valence-electron chi connectivity index (χ4n) is 14.7. The van der Waals surface area contributed by atoms with Gasteiger partial charge in [-0.25, -0.2) is 33.8 Å². The minimum atomic E-state index is -4.43. The Balaban J connectivity index is 0.000000448. The van der Waals surface area contributed by atoms with Crippen LogP contribution in [-0.4, -0.2) is 418 Å². The Labute approximate surface area is 671 Å². The lowest BCUT2D eigenvalue weighted by atomic mass is 10.0. The van der Waals surface area contributed by atoms with Crippen molar-refractivity contribution in [1.29, 1.82) is 0 Å². The van der Waals surface area contributed by atoms with Crippen molar-refractivity contribution < 1.29 is 92.7 Å². The number of alkyl halides is 6. The molecule has 658 valence electrons. The van der Waals surface area contributed by atoms with Gasteiger partial charge >= 0.3 is 48.8 Å². The summed E-state index contributed by atoms with van der Waals surface area (Å²) < 4.78 is 109. The van der Waals surface area contributed by atoms with Crippen molar-refractivity contribution in [2.75, 3.05) is 236 Å². The molecule has 7 fully saturated rings. The van der Waals surface area contributed by atoms with Crippen molar-refractivity contribution in [2.24, 2.45) is 0 Å². The van der Waals surface area contributed by atoms with E-state index in [1.165, 1.54) is 21.3 Å². The summed E-state index contributed by atoms with van der Waals surface area (Å²) in [5, 5.41) is 0. The summed E-state index contributed by atoms with van der Waals surface area (Å²) in [4.78, 5) is 114. The first-order chi connectivity index (χ1) is 53.3. The highest BCUT2D eigenvalue weighted by molar-refractivity contribution is 5.74. The number of aromatic nitrogens is 1. The van der Waals surface area contributed by atoms with Gasteiger partial charge in [-0.1, -0.05) is 0 Å². The van der Waals surface area contributed by atoms with Crippen LogP contribution < -0.4 is 0 Å². The van der Waals surface area contributed by atoms with Gasteiger partial charge in [0.2, 0.25) is 11.8 Å². The van der Waals surface area contributed by atoms with Crippen molar-refractivity contribution in [3.05, 3.63) is 18.4 Å². The summed E-state index contributed by atoms with van der Waals surface area (Å²) in [5.41, 5.74) is 0. The molecule has 0 N–H and O–H groups in total. The maximum Gasteiger partial charge on any atom is 0.410 e. The molecule has 0 bridgehead atoms. The molecule has 7 aliphatic rings. The van der Waals surface area contributed by atoms with Gasteiger partial charge in [-0.15, -0.1) is 0 Å². The van der Waals surface area contributed by atoms with Gasteiger partial charge in [-0.3, -0.25) is 14.6 Å². The molecule has 113 heavy (non-hydrogen) atoms. The Morgan fingerprint density at radius 3 is 1.00 bits per heavy atom. The summed E-state index contributed by atoms with van der Waals surface area (Å²) in [6, 6.07) is 1.36. The molecular formula is C77H144F6N16O14. The molecule has 8 heterocycles. The number of amides is 8. The number of oxazole rings is 1. The summed E-state index contributed by atoms with van der Waals surface area (Å²) in [7, 11) is 23.5. The minimum Gasteiger partial charge on any atom is -0.453 e. The van der Waals surface area contributed by atoms with E-state index in [1.807, 2.05) is 97.1 Å². The number of hydrogen-bond donors (Lipinski definition) is 0. The molecule has 0 spiro atoms. The number of rotatable bonds is 19. The van der Waals surface area contributed by atoms with Gasteiger partial charge in [0.05, 0.1) is 47.3 Å². The van der Waals surface area contributed by atoms with Crippen molar-refractivity contribution >= 4 is 42.4 Å². The van der Waals surface area contributed by atoms with Crippen LogP contribution in [0.25, 0.3) is 0 Å². The van der Waals surface area contributed by atoms with Crippen molar-refractivity contribution in [2.45, 2.75) is 206 Å². The lowest BCUT2D eigenvalue weighted by molar-refractivity contribution is -0.149. The van der Waals surface area contributed by atoms with Crippen LogP contribution in [0.2, 0.25) is 0 Å². The molecule has 1 aromatic heterocycles. The number of likely N-dealkylation sites (tertiary alicyclic amines) is 7. The standard InChI is InChI=1S/C12H21F3N2O3.C12H19N3O2.C11H23N3O.2C11H22N2O2.C10H17F3N2O2.C10H20N2O2/c1-16-5-3-10(4-6-16)17(9-12(13,14)15)11(18)20-8-7-19-2;1-10(16)15(9-12-13-5-8-17-12)11-3-6-14(2)7-4-11;1-5-14(11(15)12(2)3)10-6-8-13(4)9-7-10;1-9(2)13(11(14)15-4)10-5-7-12(3)8-6-10;1-4-13(11(14)15-5-2)10-6-8-12(3)9-7-10;1-14-5-3-8(4-6-14)15(9(16)17-2)7-10(11,12)13;1-4-12(10(13)14-3)9-5-7-11(2)8-6-9/h10H,3-9H2,1-2H3;5,8,11H,3-4,6-7,9H2,1-2H3;10H,5-9H2,1-4H3;9-10H,5-8H2,1-4H3;10H,4-9H2,1-3H3;8H,3-7H2,1-2H3;9H,4-8H2,1-3H3. The summed E-state index contributed by atoms with van der Waals surface area (Å²) in [5.74, 6) is 0.705. The summed E-state index contributed by atoms with van der Waals surface area (Å²) in [6.07, 6.45) is 4.66. The Morgan fingerprint density at radius 1 is 0.434 bits per heavy atom. The second-order valence-corrected chi connectivity index (χ2v) is 30.6. The van der Waals surface area contributed by atoms with Gasteiger partial charge < -0.3 is 96.5 Å². The number of carbonyl (C=O) groups excluding carboxylic acids is 7. The highest BCUT2D eigenvalue weighted by Gasteiger charge is 2.41. The second kappa shape index (κ2) is 54.5. The molecule has 30 nitrogen and oxygen atoms in total. The second-order valence-electron chi connectivity index (χ2n) is 30.6. The molecule has 0 aliphatic carbocycles. The van der Waals surface area contributed by atoms with E-state index in [-0.39, 0.29) is 55.5 Å². The Bertz CT molecular complexity index is 2760. The number of carbonyl (C=O) groups is 7. The van der Waals surface area contributed by atoms with Gasteiger partial charge in [0.15, 0.2) is 0 Å². The van der Waals surface area contributed by atoms with E-state index in [2.05, 4.69) is 76.4 Å². The average molecular weight is 1630 g/mol. The monoisotopic (exact) mass is 1630 g/mol. The quantitative estimate of drug-likeness (QED) is 0.0709. The van der Waals surface area contributed by atoms with E-state index in [9.17, 15) is 59.9 Å². The molecule has 8 amide bonds. The molecule has 0 aromatic carbocycles. The van der Waals surface area contributed by atoms with Crippen LogP contribution in [0.1, 0.15) is 144 Å². The smallest absolute Gasteiger partial charge is 0.410 e.